The fourth-order valence-electron chi connectivity index (χ4n) is 1.71. The summed E-state index contributed by atoms with van der Waals surface area (Å²) in [5.74, 6) is 0.930. The Bertz CT molecular complexity index is 714. The number of nitrogens with zero attached hydrogens (tertiary/aromatic N) is 2. The Kier molecular flexibility index (Phi) is 3.04. The molecule has 0 spiro atoms. The molecule has 1 amide bonds. The van der Waals surface area contributed by atoms with Gasteiger partial charge in [-0.1, -0.05) is 0 Å². The van der Waals surface area contributed by atoms with E-state index in [9.17, 15) is 4.79 Å². The lowest BCUT2D eigenvalue weighted by molar-refractivity contribution is 0.0996. The van der Waals surface area contributed by atoms with Crippen molar-refractivity contribution in [2.75, 3.05) is 5.32 Å². The summed E-state index contributed by atoms with van der Waals surface area (Å²) < 4.78 is 10.3. The average Bonchev–Trinajstić information content (AvgIpc) is 3.10. The summed E-state index contributed by atoms with van der Waals surface area (Å²) in [6.45, 7) is 1.73. The van der Waals surface area contributed by atoms with Crippen LogP contribution in [0.2, 0.25) is 0 Å². The Hall–Kier alpha value is -2.89. The first-order chi connectivity index (χ1) is 9.72. The lowest BCUT2D eigenvalue weighted by Crippen LogP contribution is -2.10. The molecule has 1 aromatic carbocycles. The van der Waals surface area contributed by atoms with Gasteiger partial charge in [-0.05, 0) is 36.4 Å². The first kappa shape index (κ1) is 12.2. The van der Waals surface area contributed by atoms with Gasteiger partial charge in [0, 0.05) is 18.2 Å². The molecule has 2 aromatic heterocycles. The highest BCUT2D eigenvalue weighted by Gasteiger charge is 2.09. The third-order valence-electron chi connectivity index (χ3n) is 2.66. The van der Waals surface area contributed by atoms with Gasteiger partial charge in [0.05, 0.1) is 6.26 Å². The van der Waals surface area contributed by atoms with Gasteiger partial charge < -0.3 is 14.2 Å². The van der Waals surface area contributed by atoms with Crippen molar-refractivity contribution in [3.05, 3.63) is 54.3 Å². The van der Waals surface area contributed by atoms with E-state index in [0.717, 1.165) is 5.56 Å². The van der Waals surface area contributed by atoms with Crippen molar-refractivity contribution >= 4 is 11.6 Å². The Labute approximate surface area is 114 Å². The van der Waals surface area contributed by atoms with Crippen LogP contribution in [0.5, 0.6) is 0 Å². The number of furan rings is 1. The zero-order valence-electron chi connectivity index (χ0n) is 10.7. The van der Waals surface area contributed by atoms with Crippen molar-refractivity contribution < 1.29 is 13.6 Å². The standard InChI is InChI=1S/C14H11N3O3/c1-9-16-17-14(20-9)10-4-6-11(7-5-10)15-13(18)12-3-2-8-19-12/h2-8H,1H3,(H,15,18). The van der Waals surface area contributed by atoms with Crippen LogP contribution in [0.25, 0.3) is 11.5 Å². The minimum Gasteiger partial charge on any atom is -0.459 e. The van der Waals surface area contributed by atoms with Gasteiger partial charge in [0.2, 0.25) is 11.8 Å². The molecule has 100 valence electrons. The molecular formula is C14H11N3O3. The molecule has 0 saturated carbocycles. The molecule has 0 unspecified atom stereocenters. The fourth-order valence-corrected chi connectivity index (χ4v) is 1.71. The van der Waals surface area contributed by atoms with E-state index in [0.29, 0.717) is 17.5 Å². The highest BCUT2D eigenvalue weighted by molar-refractivity contribution is 6.02. The van der Waals surface area contributed by atoms with Crippen LogP contribution in [0.3, 0.4) is 0 Å². The third kappa shape index (κ3) is 2.44. The topological polar surface area (TPSA) is 81.2 Å². The van der Waals surface area contributed by atoms with Gasteiger partial charge in [0.1, 0.15) is 0 Å². The number of hydrogen-bond acceptors (Lipinski definition) is 5. The van der Waals surface area contributed by atoms with E-state index >= 15 is 0 Å². The second-order valence-electron chi connectivity index (χ2n) is 4.14. The van der Waals surface area contributed by atoms with E-state index in [1.807, 2.05) is 0 Å². The van der Waals surface area contributed by atoms with Crippen LogP contribution in [0, 0.1) is 6.92 Å². The molecule has 0 aliphatic rings. The number of rotatable bonds is 3. The van der Waals surface area contributed by atoms with E-state index in [-0.39, 0.29) is 11.7 Å². The smallest absolute Gasteiger partial charge is 0.291 e. The maximum atomic E-state index is 11.8. The molecule has 2 heterocycles. The number of benzene rings is 1. The van der Waals surface area contributed by atoms with E-state index in [4.69, 9.17) is 8.83 Å². The van der Waals surface area contributed by atoms with Crippen molar-refractivity contribution in [1.82, 2.24) is 10.2 Å². The quantitative estimate of drug-likeness (QED) is 0.790. The maximum Gasteiger partial charge on any atom is 0.291 e. The molecule has 0 aliphatic heterocycles. The largest absolute Gasteiger partial charge is 0.459 e. The molecule has 0 radical (unpaired) electrons. The predicted molar refractivity (Wildman–Crippen MR) is 71.1 cm³/mol. The minimum absolute atomic E-state index is 0.265. The number of carbonyl (C=O) groups excluding carboxylic acids is 1. The second-order valence-corrected chi connectivity index (χ2v) is 4.14. The summed E-state index contributed by atoms with van der Waals surface area (Å²) in [6, 6.07) is 10.4. The minimum atomic E-state index is -0.295. The van der Waals surface area contributed by atoms with Gasteiger partial charge in [-0.25, -0.2) is 0 Å². The lowest BCUT2D eigenvalue weighted by atomic mass is 10.2. The van der Waals surface area contributed by atoms with Crippen LogP contribution in [0.15, 0.2) is 51.5 Å². The molecule has 1 N–H and O–H groups in total. The number of nitrogens with one attached hydrogen (secondary N) is 1. The number of amides is 1. The summed E-state index contributed by atoms with van der Waals surface area (Å²) in [7, 11) is 0. The molecule has 0 saturated heterocycles. The van der Waals surface area contributed by atoms with Crippen LogP contribution in [0.1, 0.15) is 16.4 Å². The Morgan fingerprint density at radius 3 is 2.55 bits per heavy atom. The monoisotopic (exact) mass is 269 g/mol. The van der Waals surface area contributed by atoms with E-state index < -0.39 is 0 Å². The van der Waals surface area contributed by atoms with Gasteiger partial charge in [-0.15, -0.1) is 10.2 Å². The molecule has 3 aromatic rings. The normalized spacial score (nSPS) is 10.4. The zero-order chi connectivity index (χ0) is 13.9. The van der Waals surface area contributed by atoms with E-state index in [2.05, 4.69) is 15.5 Å². The number of aryl methyl sites for hydroxylation is 1. The third-order valence-corrected chi connectivity index (χ3v) is 2.66. The molecular weight excluding hydrogens is 258 g/mol. The van der Waals surface area contributed by atoms with Crippen molar-refractivity contribution in [3.8, 4) is 11.5 Å². The molecule has 20 heavy (non-hydrogen) atoms. The van der Waals surface area contributed by atoms with Gasteiger partial charge >= 0.3 is 0 Å². The molecule has 6 nitrogen and oxygen atoms in total. The van der Waals surface area contributed by atoms with Crippen molar-refractivity contribution in [2.24, 2.45) is 0 Å². The van der Waals surface area contributed by atoms with Crippen molar-refractivity contribution in [3.63, 3.8) is 0 Å². The van der Waals surface area contributed by atoms with Crippen molar-refractivity contribution in [2.45, 2.75) is 6.92 Å². The Morgan fingerprint density at radius 1 is 1.15 bits per heavy atom. The number of anilines is 1. The Morgan fingerprint density at radius 2 is 1.95 bits per heavy atom. The summed E-state index contributed by atoms with van der Waals surface area (Å²) in [5, 5.41) is 10.4. The summed E-state index contributed by atoms with van der Waals surface area (Å²) in [5.41, 5.74) is 1.45. The molecule has 0 fully saturated rings. The number of aromatic nitrogens is 2. The highest BCUT2D eigenvalue weighted by Crippen LogP contribution is 2.20. The molecule has 0 aliphatic carbocycles. The lowest BCUT2D eigenvalue weighted by Gasteiger charge is -2.03. The first-order valence-corrected chi connectivity index (χ1v) is 5.98. The number of carbonyl (C=O) groups is 1. The average molecular weight is 269 g/mol. The summed E-state index contributed by atoms with van der Waals surface area (Å²) in [4.78, 5) is 11.8. The van der Waals surface area contributed by atoms with Gasteiger partial charge in [-0.2, -0.15) is 0 Å². The van der Waals surface area contributed by atoms with Crippen LogP contribution in [-0.4, -0.2) is 16.1 Å². The molecule has 6 heteroatoms. The van der Waals surface area contributed by atoms with E-state index in [1.54, 1.807) is 43.3 Å². The van der Waals surface area contributed by atoms with E-state index in [1.165, 1.54) is 6.26 Å². The summed E-state index contributed by atoms with van der Waals surface area (Å²) in [6.07, 6.45) is 1.45. The summed E-state index contributed by atoms with van der Waals surface area (Å²) >= 11 is 0. The van der Waals surface area contributed by atoms with Crippen LogP contribution in [0.4, 0.5) is 5.69 Å². The van der Waals surface area contributed by atoms with Gasteiger partial charge in [0.15, 0.2) is 5.76 Å². The predicted octanol–water partition coefficient (Wildman–Crippen LogP) is 2.89. The second kappa shape index (κ2) is 5.00. The SMILES string of the molecule is Cc1nnc(-c2ccc(NC(=O)c3ccco3)cc2)o1. The van der Waals surface area contributed by atoms with Crippen LogP contribution < -0.4 is 5.32 Å². The Balaban J connectivity index is 1.75. The highest BCUT2D eigenvalue weighted by atomic mass is 16.4. The van der Waals surface area contributed by atoms with Gasteiger partial charge in [-0.3, -0.25) is 4.79 Å². The van der Waals surface area contributed by atoms with Crippen molar-refractivity contribution in [1.29, 1.82) is 0 Å². The number of hydrogen-bond donors (Lipinski definition) is 1. The molecule has 0 bridgehead atoms. The first-order valence-electron chi connectivity index (χ1n) is 5.98. The van der Waals surface area contributed by atoms with Crippen LogP contribution in [-0.2, 0) is 0 Å². The zero-order valence-corrected chi connectivity index (χ0v) is 10.7. The van der Waals surface area contributed by atoms with Gasteiger partial charge in [0.25, 0.3) is 5.91 Å². The maximum absolute atomic E-state index is 11.8. The van der Waals surface area contributed by atoms with Crippen LogP contribution >= 0.6 is 0 Å². The molecule has 0 atom stereocenters. The molecule has 3 rings (SSSR count). The fraction of sp³-hybridized carbons (Fsp3) is 0.0714.